The van der Waals surface area contributed by atoms with Gasteiger partial charge in [0.25, 0.3) is 0 Å². The highest BCUT2D eigenvalue weighted by Gasteiger charge is 2.03. The van der Waals surface area contributed by atoms with Crippen LogP contribution in [0.5, 0.6) is 0 Å². The highest BCUT2D eigenvalue weighted by Crippen LogP contribution is 2.20. The zero-order valence-electron chi connectivity index (χ0n) is 13.2. The van der Waals surface area contributed by atoms with Crippen molar-refractivity contribution in [3.63, 3.8) is 0 Å². The van der Waals surface area contributed by atoms with Crippen LogP contribution >= 0.6 is 0 Å². The van der Waals surface area contributed by atoms with Gasteiger partial charge < -0.3 is 10.6 Å². The molecule has 21 heavy (non-hydrogen) atoms. The van der Waals surface area contributed by atoms with E-state index in [2.05, 4.69) is 72.6 Å². The minimum atomic E-state index is 0.401. The van der Waals surface area contributed by atoms with Gasteiger partial charge in [-0.05, 0) is 37.0 Å². The fourth-order valence-electron chi connectivity index (χ4n) is 1.96. The summed E-state index contributed by atoms with van der Waals surface area (Å²) in [7, 11) is 0. The van der Waals surface area contributed by atoms with Crippen molar-refractivity contribution < 1.29 is 0 Å². The van der Waals surface area contributed by atoms with Crippen molar-refractivity contribution in [2.75, 3.05) is 10.6 Å². The molecule has 0 radical (unpaired) electrons. The number of aromatic nitrogens is 2. The molecule has 1 unspecified atom stereocenters. The molecular weight excluding hydrogens is 260 g/mol. The van der Waals surface area contributed by atoms with E-state index in [1.807, 2.05) is 6.07 Å². The van der Waals surface area contributed by atoms with Crippen LogP contribution in [0.1, 0.15) is 45.6 Å². The lowest BCUT2D eigenvalue weighted by molar-refractivity contribution is 0.758. The largest absolute Gasteiger partial charge is 0.367 e. The fraction of sp³-hybridized carbons (Fsp3) is 0.412. The number of nitrogens with zero attached hydrogens (tertiary/aromatic N) is 2. The van der Waals surface area contributed by atoms with Gasteiger partial charge in [0, 0.05) is 17.8 Å². The molecule has 0 amide bonds. The Hall–Kier alpha value is -2.10. The number of hydrogen-bond acceptors (Lipinski definition) is 4. The summed E-state index contributed by atoms with van der Waals surface area (Å²) in [6.45, 7) is 8.67. The van der Waals surface area contributed by atoms with Crippen molar-refractivity contribution in [3.8, 4) is 0 Å². The Morgan fingerprint density at radius 3 is 2.29 bits per heavy atom. The third-order valence-corrected chi connectivity index (χ3v) is 3.52. The first-order valence-electron chi connectivity index (χ1n) is 7.54. The first-order chi connectivity index (χ1) is 10.1. The standard InChI is InChI=1S/C17H24N4/c1-5-13(4)20-16-10-17(19-11-18-16)21-15-8-6-14(7-9-15)12(2)3/h6-13H,5H2,1-4H3,(H2,18,19,20,21). The van der Waals surface area contributed by atoms with Gasteiger partial charge in [-0.25, -0.2) is 9.97 Å². The molecule has 0 spiro atoms. The second-order valence-corrected chi connectivity index (χ2v) is 5.64. The smallest absolute Gasteiger partial charge is 0.135 e. The van der Waals surface area contributed by atoms with Crippen molar-refractivity contribution in [2.45, 2.75) is 46.1 Å². The molecule has 4 heteroatoms. The van der Waals surface area contributed by atoms with E-state index in [1.165, 1.54) is 5.56 Å². The molecule has 0 aliphatic heterocycles. The monoisotopic (exact) mass is 284 g/mol. The number of benzene rings is 1. The van der Waals surface area contributed by atoms with Crippen molar-refractivity contribution in [2.24, 2.45) is 0 Å². The van der Waals surface area contributed by atoms with E-state index in [0.29, 0.717) is 12.0 Å². The van der Waals surface area contributed by atoms with E-state index >= 15 is 0 Å². The average molecular weight is 284 g/mol. The molecule has 0 fully saturated rings. The van der Waals surface area contributed by atoms with Gasteiger partial charge in [0.15, 0.2) is 0 Å². The van der Waals surface area contributed by atoms with Crippen LogP contribution in [0.25, 0.3) is 0 Å². The Bertz CT molecular complexity index is 563. The van der Waals surface area contributed by atoms with E-state index in [-0.39, 0.29) is 0 Å². The normalized spacial score (nSPS) is 12.2. The molecule has 0 aliphatic carbocycles. The third kappa shape index (κ3) is 4.45. The summed E-state index contributed by atoms with van der Waals surface area (Å²) < 4.78 is 0. The Balaban J connectivity index is 2.07. The van der Waals surface area contributed by atoms with Gasteiger partial charge in [0.05, 0.1) is 0 Å². The Kier molecular flexibility index (Phi) is 5.14. The Labute approximate surface area is 127 Å². The summed E-state index contributed by atoms with van der Waals surface area (Å²) >= 11 is 0. The summed E-state index contributed by atoms with van der Waals surface area (Å²) in [5.41, 5.74) is 2.37. The van der Waals surface area contributed by atoms with Gasteiger partial charge in [-0.1, -0.05) is 32.9 Å². The third-order valence-electron chi connectivity index (χ3n) is 3.52. The van der Waals surface area contributed by atoms with Crippen LogP contribution in [-0.2, 0) is 0 Å². The highest BCUT2D eigenvalue weighted by molar-refractivity contribution is 5.59. The van der Waals surface area contributed by atoms with Gasteiger partial charge in [-0.15, -0.1) is 0 Å². The van der Waals surface area contributed by atoms with Crippen molar-refractivity contribution >= 4 is 17.3 Å². The summed E-state index contributed by atoms with van der Waals surface area (Å²) in [4.78, 5) is 8.51. The SMILES string of the molecule is CCC(C)Nc1cc(Nc2ccc(C(C)C)cc2)ncn1. The molecule has 112 valence electrons. The number of hydrogen-bond donors (Lipinski definition) is 2. The average Bonchev–Trinajstić information content (AvgIpc) is 2.48. The molecule has 1 atom stereocenters. The van der Waals surface area contributed by atoms with E-state index in [4.69, 9.17) is 0 Å². The van der Waals surface area contributed by atoms with Crippen LogP contribution in [0.4, 0.5) is 17.3 Å². The van der Waals surface area contributed by atoms with Gasteiger partial charge in [0.2, 0.25) is 0 Å². The van der Waals surface area contributed by atoms with Crippen molar-refractivity contribution in [1.82, 2.24) is 9.97 Å². The quantitative estimate of drug-likeness (QED) is 0.816. The molecule has 1 aromatic carbocycles. The zero-order valence-corrected chi connectivity index (χ0v) is 13.2. The Morgan fingerprint density at radius 2 is 1.67 bits per heavy atom. The zero-order chi connectivity index (χ0) is 15.2. The van der Waals surface area contributed by atoms with E-state index in [0.717, 1.165) is 23.7 Å². The molecule has 2 rings (SSSR count). The molecule has 2 aromatic rings. The summed E-state index contributed by atoms with van der Waals surface area (Å²) in [6.07, 6.45) is 2.64. The van der Waals surface area contributed by atoms with Crippen LogP contribution in [0.3, 0.4) is 0 Å². The maximum atomic E-state index is 4.26. The molecule has 1 heterocycles. The minimum Gasteiger partial charge on any atom is -0.367 e. The molecule has 0 aliphatic rings. The summed E-state index contributed by atoms with van der Waals surface area (Å²) in [5.74, 6) is 2.19. The second kappa shape index (κ2) is 7.07. The summed E-state index contributed by atoms with van der Waals surface area (Å²) in [6, 6.07) is 10.8. The molecule has 0 saturated carbocycles. The predicted octanol–water partition coefficient (Wildman–Crippen LogP) is 4.55. The van der Waals surface area contributed by atoms with Crippen LogP contribution in [0.15, 0.2) is 36.7 Å². The van der Waals surface area contributed by atoms with Gasteiger partial charge in [0.1, 0.15) is 18.0 Å². The lowest BCUT2D eigenvalue weighted by atomic mass is 10.0. The van der Waals surface area contributed by atoms with Crippen LogP contribution in [0, 0.1) is 0 Å². The molecule has 2 N–H and O–H groups in total. The topological polar surface area (TPSA) is 49.8 Å². The maximum absolute atomic E-state index is 4.26. The molecule has 1 aromatic heterocycles. The van der Waals surface area contributed by atoms with E-state index < -0.39 is 0 Å². The number of rotatable bonds is 6. The van der Waals surface area contributed by atoms with Gasteiger partial charge >= 0.3 is 0 Å². The Morgan fingerprint density at radius 1 is 1.00 bits per heavy atom. The lowest BCUT2D eigenvalue weighted by Gasteiger charge is -2.13. The van der Waals surface area contributed by atoms with E-state index in [9.17, 15) is 0 Å². The first kappa shape index (κ1) is 15.3. The molecular formula is C17H24N4. The molecule has 4 nitrogen and oxygen atoms in total. The van der Waals surface area contributed by atoms with Crippen LogP contribution in [-0.4, -0.2) is 16.0 Å². The van der Waals surface area contributed by atoms with Crippen LogP contribution in [0.2, 0.25) is 0 Å². The number of anilines is 3. The predicted molar refractivity (Wildman–Crippen MR) is 89.2 cm³/mol. The number of nitrogens with one attached hydrogen (secondary N) is 2. The van der Waals surface area contributed by atoms with Crippen molar-refractivity contribution in [3.05, 3.63) is 42.2 Å². The minimum absolute atomic E-state index is 0.401. The van der Waals surface area contributed by atoms with Crippen molar-refractivity contribution in [1.29, 1.82) is 0 Å². The first-order valence-corrected chi connectivity index (χ1v) is 7.54. The second-order valence-electron chi connectivity index (χ2n) is 5.64. The van der Waals surface area contributed by atoms with Crippen LogP contribution < -0.4 is 10.6 Å². The molecule has 0 bridgehead atoms. The lowest BCUT2D eigenvalue weighted by Crippen LogP contribution is -2.14. The van der Waals surface area contributed by atoms with Gasteiger partial charge in [-0.3, -0.25) is 0 Å². The fourth-order valence-corrected chi connectivity index (χ4v) is 1.96. The van der Waals surface area contributed by atoms with Gasteiger partial charge in [-0.2, -0.15) is 0 Å². The summed E-state index contributed by atoms with van der Waals surface area (Å²) in [5, 5.41) is 6.66. The maximum Gasteiger partial charge on any atom is 0.135 e. The molecule has 0 saturated heterocycles. The van der Waals surface area contributed by atoms with E-state index in [1.54, 1.807) is 6.33 Å². The highest BCUT2D eigenvalue weighted by atomic mass is 15.1.